The van der Waals surface area contributed by atoms with E-state index in [2.05, 4.69) is 17.2 Å². The topological polar surface area (TPSA) is 172 Å². The van der Waals surface area contributed by atoms with Gasteiger partial charge in [-0.3, -0.25) is 4.79 Å². The number of likely N-dealkylation sites (tertiary alicyclic amines) is 1. The number of carbonyl (C=O) groups is 5. The fourth-order valence-corrected chi connectivity index (χ4v) is 6.99. The van der Waals surface area contributed by atoms with Gasteiger partial charge in [-0.25, -0.2) is 24.2 Å². The minimum Gasteiger partial charge on any atom is -0.489 e. The van der Waals surface area contributed by atoms with Gasteiger partial charge >= 0.3 is 24.1 Å². The van der Waals surface area contributed by atoms with Crippen molar-refractivity contribution in [1.82, 2.24) is 20.5 Å². The average Bonchev–Trinajstić information content (AvgIpc) is 3.87. The molecular formula is C46H58N4O10S. The number of aromatic nitrogens is 1. The molecule has 3 atom stereocenters. The standard InChI is InChI=1S/C46H58N4O10S/c1-10-23-56-43(54)49-37(40(51)50-22-14-17-38(50)42(53)59-45(4,5)6)28-58-41(52)31(3)24-30(2)25-34-29-61-39(47-34)36(48-44(55)60-46(7,8)9)26-32-18-20-35(21-19-32)57-27-33-15-12-11-13-16-33/h10-13,15-16,18-21,24-25,29,36-38H,1,14,17,22-23,26-28H2,2-9H3,(H,48,55)(H,49,54)/b30-25+,31-24-/t36-,37-,38-/m0/s1. The Morgan fingerprint density at radius 2 is 1.59 bits per heavy atom. The number of hydrogen-bond acceptors (Lipinski definition) is 12. The van der Waals surface area contributed by atoms with Crippen molar-refractivity contribution in [2.45, 2.75) is 111 Å². The first-order valence-corrected chi connectivity index (χ1v) is 21.0. The van der Waals surface area contributed by atoms with Gasteiger partial charge in [0, 0.05) is 17.5 Å². The van der Waals surface area contributed by atoms with Crippen LogP contribution < -0.4 is 15.4 Å². The van der Waals surface area contributed by atoms with Gasteiger partial charge in [-0.1, -0.05) is 55.1 Å². The highest BCUT2D eigenvalue weighted by Gasteiger charge is 2.40. The summed E-state index contributed by atoms with van der Waals surface area (Å²) in [7, 11) is 0. The van der Waals surface area contributed by atoms with Crippen LogP contribution in [-0.2, 0) is 46.4 Å². The number of amides is 3. The van der Waals surface area contributed by atoms with E-state index in [1.165, 1.54) is 22.3 Å². The lowest BCUT2D eigenvalue weighted by Gasteiger charge is -2.30. The Hall–Kier alpha value is -5.96. The molecule has 3 aromatic rings. The van der Waals surface area contributed by atoms with Gasteiger partial charge in [0.25, 0.3) is 0 Å². The van der Waals surface area contributed by atoms with Crippen LogP contribution in [0.4, 0.5) is 9.59 Å². The SMILES string of the molecule is C=CCOC(=O)N[C@@H](COC(=O)/C(C)=C\C(C)=C\c1csc([C@H](Cc2ccc(OCc3ccccc3)cc2)NC(=O)OC(C)(C)C)n1)C(=O)N1CCC[C@H]1C(=O)OC(C)(C)C. The van der Waals surface area contributed by atoms with Crippen LogP contribution in [0.5, 0.6) is 5.75 Å². The molecule has 0 saturated carbocycles. The Balaban J connectivity index is 1.44. The molecule has 1 aliphatic heterocycles. The number of rotatable bonds is 17. The van der Waals surface area contributed by atoms with E-state index in [0.717, 1.165) is 16.9 Å². The smallest absolute Gasteiger partial charge is 0.408 e. The molecule has 0 aliphatic carbocycles. The van der Waals surface area contributed by atoms with Crippen molar-refractivity contribution in [3.63, 3.8) is 0 Å². The monoisotopic (exact) mass is 858 g/mol. The minimum atomic E-state index is -1.34. The molecule has 2 aromatic carbocycles. The molecule has 1 aliphatic rings. The van der Waals surface area contributed by atoms with E-state index in [4.69, 9.17) is 28.7 Å². The van der Waals surface area contributed by atoms with Gasteiger partial charge in [0.1, 0.15) is 53.9 Å². The number of carbonyl (C=O) groups excluding carboxylic acids is 5. The molecule has 15 heteroatoms. The Labute approximate surface area is 362 Å². The lowest BCUT2D eigenvalue weighted by Crippen LogP contribution is -2.54. The van der Waals surface area contributed by atoms with Crippen LogP contribution >= 0.6 is 11.3 Å². The third-order valence-electron chi connectivity index (χ3n) is 8.80. The van der Waals surface area contributed by atoms with Crippen LogP contribution in [-0.4, -0.2) is 83.0 Å². The number of benzene rings is 2. The van der Waals surface area contributed by atoms with Crippen molar-refractivity contribution >= 4 is 47.4 Å². The summed E-state index contributed by atoms with van der Waals surface area (Å²) in [6.45, 7) is 17.5. The summed E-state index contributed by atoms with van der Waals surface area (Å²) in [6, 6.07) is 14.9. The Bertz CT molecular complexity index is 2050. The van der Waals surface area contributed by atoms with Crippen molar-refractivity contribution in [3.8, 4) is 5.75 Å². The van der Waals surface area contributed by atoms with Crippen molar-refractivity contribution < 1.29 is 47.7 Å². The Morgan fingerprint density at radius 3 is 2.25 bits per heavy atom. The number of nitrogens with one attached hydrogen (secondary N) is 2. The highest BCUT2D eigenvalue weighted by atomic mass is 32.1. The number of esters is 2. The maximum atomic E-state index is 13.7. The van der Waals surface area contributed by atoms with Crippen molar-refractivity contribution in [1.29, 1.82) is 0 Å². The zero-order valence-electron chi connectivity index (χ0n) is 36.3. The maximum absolute atomic E-state index is 13.7. The van der Waals surface area contributed by atoms with Crippen LogP contribution in [0, 0.1) is 0 Å². The molecule has 0 spiro atoms. The van der Waals surface area contributed by atoms with Crippen molar-refractivity contribution in [2.24, 2.45) is 0 Å². The second-order valence-corrected chi connectivity index (χ2v) is 17.4. The molecule has 3 amide bonds. The molecule has 2 heterocycles. The normalized spacial score (nSPS) is 15.5. The molecule has 2 N–H and O–H groups in total. The fraction of sp³-hybridized carbons (Fsp3) is 0.435. The first-order chi connectivity index (χ1) is 28.8. The van der Waals surface area contributed by atoms with Crippen LogP contribution in [0.2, 0.25) is 0 Å². The van der Waals surface area contributed by atoms with E-state index in [1.807, 2.05) is 60.0 Å². The van der Waals surface area contributed by atoms with Crippen LogP contribution in [0.1, 0.15) is 96.1 Å². The second-order valence-electron chi connectivity index (χ2n) is 16.6. The average molecular weight is 859 g/mol. The molecule has 1 saturated heterocycles. The maximum Gasteiger partial charge on any atom is 0.408 e. The third kappa shape index (κ3) is 16.2. The molecule has 328 valence electrons. The summed E-state index contributed by atoms with van der Waals surface area (Å²) in [5.74, 6) is -1.17. The summed E-state index contributed by atoms with van der Waals surface area (Å²) < 4.78 is 27.6. The zero-order chi connectivity index (χ0) is 44.7. The molecule has 1 aromatic heterocycles. The molecule has 0 radical (unpaired) electrons. The van der Waals surface area contributed by atoms with Crippen LogP contribution in [0.3, 0.4) is 0 Å². The van der Waals surface area contributed by atoms with Gasteiger partial charge in [-0.15, -0.1) is 11.3 Å². The number of nitrogens with zero attached hydrogens (tertiary/aromatic N) is 2. The Morgan fingerprint density at radius 1 is 0.902 bits per heavy atom. The molecule has 61 heavy (non-hydrogen) atoms. The fourth-order valence-electron chi connectivity index (χ4n) is 6.16. The van der Waals surface area contributed by atoms with Crippen molar-refractivity contribution in [2.75, 3.05) is 19.8 Å². The summed E-state index contributed by atoms with van der Waals surface area (Å²) in [5.41, 5.74) is 2.05. The minimum absolute atomic E-state index is 0.106. The Kier molecular flexibility index (Phi) is 17.2. The van der Waals surface area contributed by atoms with Gasteiger partial charge < -0.3 is 39.2 Å². The number of alkyl carbamates (subject to hydrolysis) is 2. The van der Waals surface area contributed by atoms with Gasteiger partial charge in [0.2, 0.25) is 5.91 Å². The third-order valence-corrected chi connectivity index (χ3v) is 9.78. The molecular weight excluding hydrogens is 801 g/mol. The molecule has 0 bridgehead atoms. The first kappa shape index (κ1) is 47.7. The zero-order valence-corrected chi connectivity index (χ0v) is 37.1. The molecule has 4 rings (SSSR count). The van der Waals surface area contributed by atoms with E-state index < -0.39 is 66.0 Å². The van der Waals surface area contributed by atoms with Crippen LogP contribution in [0.25, 0.3) is 6.08 Å². The second kappa shape index (κ2) is 22.0. The summed E-state index contributed by atoms with van der Waals surface area (Å²) in [4.78, 5) is 71.5. The lowest BCUT2D eigenvalue weighted by molar-refractivity contribution is -0.164. The summed E-state index contributed by atoms with van der Waals surface area (Å²) >= 11 is 1.37. The first-order valence-electron chi connectivity index (χ1n) is 20.1. The molecule has 1 fully saturated rings. The molecule has 0 unspecified atom stereocenters. The highest BCUT2D eigenvalue weighted by molar-refractivity contribution is 7.09. The predicted molar refractivity (Wildman–Crippen MR) is 233 cm³/mol. The van der Waals surface area contributed by atoms with Gasteiger partial charge in [-0.2, -0.15) is 0 Å². The predicted octanol–water partition coefficient (Wildman–Crippen LogP) is 8.04. The van der Waals surface area contributed by atoms with Crippen LogP contribution in [0.15, 0.2) is 89.9 Å². The van der Waals surface area contributed by atoms with Crippen molar-refractivity contribution in [3.05, 3.63) is 112 Å². The summed E-state index contributed by atoms with van der Waals surface area (Å²) in [5, 5.41) is 7.93. The van der Waals surface area contributed by atoms with E-state index in [-0.39, 0.29) is 18.7 Å². The van der Waals surface area contributed by atoms with Gasteiger partial charge in [0.15, 0.2) is 0 Å². The highest BCUT2D eigenvalue weighted by Crippen LogP contribution is 2.26. The number of hydrogen-bond donors (Lipinski definition) is 2. The van der Waals surface area contributed by atoms with E-state index in [9.17, 15) is 24.0 Å². The van der Waals surface area contributed by atoms with E-state index >= 15 is 0 Å². The van der Waals surface area contributed by atoms with E-state index in [1.54, 1.807) is 67.5 Å². The van der Waals surface area contributed by atoms with Gasteiger partial charge in [0.05, 0.1) is 11.7 Å². The number of ether oxygens (including phenoxy) is 5. The molecule has 14 nitrogen and oxygen atoms in total. The largest absolute Gasteiger partial charge is 0.489 e. The summed E-state index contributed by atoms with van der Waals surface area (Å²) in [6.07, 6.45) is 4.66. The van der Waals surface area contributed by atoms with E-state index in [0.29, 0.717) is 42.1 Å². The lowest BCUT2D eigenvalue weighted by atomic mass is 10.1. The number of allylic oxidation sites excluding steroid dienone is 2. The number of thiazole rings is 1. The van der Waals surface area contributed by atoms with Gasteiger partial charge in [-0.05, 0) is 116 Å². The quantitative estimate of drug-likeness (QED) is 0.0443.